The Hall–Kier alpha value is -0.640. The fourth-order valence-corrected chi connectivity index (χ4v) is 1.00. The fourth-order valence-electron chi connectivity index (χ4n) is 0.755. The maximum Gasteiger partial charge on any atom is 0.110 e. The van der Waals surface area contributed by atoms with Gasteiger partial charge < -0.3 is 10.8 Å². The summed E-state index contributed by atoms with van der Waals surface area (Å²) in [5.41, 5.74) is 5.67. The van der Waals surface area contributed by atoms with Gasteiger partial charge in [0.1, 0.15) is 6.10 Å². The van der Waals surface area contributed by atoms with Gasteiger partial charge in [0.25, 0.3) is 0 Å². The van der Waals surface area contributed by atoms with Crippen molar-refractivity contribution in [2.75, 3.05) is 6.54 Å². The standard InChI is InChI=1S/C7H9ClN2O/c8-5-2-1-3-10-7(5)6(11)4-9/h1-3,6,11H,4,9H2. The third kappa shape index (κ3) is 1.89. The minimum Gasteiger partial charge on any atom is -0.385 e. The number of aliphatic hydroxyl groups is 1. The van der Waals surface area contributed by atoms with E-state index in [1.54, 1.807) is 18.3 Å². The first kappa shape index (κ1) is 8.46. The van der Waals surface area contributed by atoms with E-state index in [1.165, 1.54) is 0 Å². The summed E-state index contributed by atoms with van der Waals surface area (Å²) >= 11 is 5.72. The monoisotopic (exact) mass is 172 g/mol. The van der Waals surface area contributed by atoms with Crippen LogP contribution in [-0.4, -0.2) is 16.6 Å². The molecule has 3 N–H and O–H groups in total. The van der Waals surface area contributed by atoms with E-state index in [9.17, 15) is 5.11 Å². The van der Waals surface area contributed by atoms with Crippen molar-refractivity contribution in [2.24, 2.45) is 5.73 Å². The van der Waals surface area contributed by atoms with Crippen LogP contribution in [0.2, 0.25) is 5.02 Å². The maximum atomic E-state index is 9.24. The fraction of sp³-hybridized carbons (Fsp3) is 0.286. The zero-order valence-corrected chi connectivity index (χ0v) is 6.62. The summed E-state index contributed by atoms with van der Waals surface area (Å²) in [6.45, 7) is 0.136. The van der Waals surface area contributed by atoms with Crippen molar-refractivity contribution >= 4 is 11.6 Å². The average Bonchev–Trinajstić information content (AvgIpc) is 2.04. The van der Waals surface area contributed by atoms with Crippen LogP contribution in [0.4, 0.5) is 0 Å². The lowest BCUT2D eigenvalue weighted by molar-refractivity contribution is 0.182. The molecule has 1 atom stereocenters. The summed E-state index contributed by atoms with van der Waals surface area (Å²) in [5.74, 6) is 0. The van der Waals surface area contributed by atoms with Gasteiger partial charge in [-0.2, -0.15) is 0 Å². The van der Waals surface area contributed by atoms with E-state index in [2.05, 4.69) is 4.98 Å². The first-order valence-corrected chi connectivity index (χ1v) is 3.62. The van der Waals surface area contributed by atoms with E-state index in [0.717, 1.165) is 0 Å². The number of nitrogens with zero attached hydrogens (tertiary/aromatic N) is 1. The summed E-state index contributed by atoms with van der Waals surface area (Å²) in [7, 11) is 0. The van der Waals surface area contributed by atoms with Crippen LogP contribution in [0, 0.1) is 0 Å². The van der Waals surface area contributed by atoms with Gasteiger partial charge in [-0.3, -0.25) is 4.98 Å². The van der Waals surface area contributed by atoms with Crippen molar-refractivity contribution in [3.05, 3.63) is 29.0 Å². The van der Waals surface area contributed by atoms with Crippen molar-refractivity contribution in [2.45, 2.75) is 6.10 Å². The summed E-state index contributed by atoms with van der Waals surface area (Å²) in [5, 5.41) is 9.69. The van der Waals surface area contributed by atoms with Gasteiger partial charge in [-0.15, -0.1) is 0 Å². The highest BCUT2D eigenvalue weighted by Gasteiger charge is 2.09. The van der Waals surface area contributed by atoms with Gasteiger partial charge in [-0.05, 0) is 12.1 Å². The summed E-state index contributed by atoms with van der Waals surface area (Å²) in [4.78, 5) is 3.89. The van der Waals surface area contributed by atoms with E-state index >= 15 is 0 Å². The Bertz CT molecular complexity index is 242. The minimum atomic E-state index is -0.760. The zero-order chi connectivity index (χ0) is 8.27. The molecular weight excluding hydrogens is 164 g/mol. The highest BCUT2D eigenvalue weighted by molar-refractivity contribution is 6.31. The topological polar surface area (TPSA) is 59.1 Å². The van der Waals surface area contributed by atoms with Crippen LogP contribution in [-0.2, 0) is 0 Å². The Morgan fingerprint density at radius 3 is 3.00 bits per heavy atom. The molecule has 0 aromatic carbocycles. The molecule has 0 radical (unpaired) electrons. The number of pyridine rings is 1. The van der Waals surface area contributed by atoms with Crippen molar-refractivity contribution in [3.63, 3.8) is 0 Å². The van der Waals surface area contributed by atoms with Crippen LogP contribution in [0.25, 0.3) is 0 Å². The summed E-state index contributed by atoms with van der Waals surface area (Å²) < 4.78 is 0. The molecule has 60 valence electrons. The second-order valence-electron chi connectivity index (χ2n) is 2.12. The third-order valence-corrected chi connectivity index (χ3v) is 1.65. The Labute approximate surface area is 69.8 Å². The van der Waals surface area contributed by atoms with E-state index in [-0.39, 0.29) is 6.54 Å². The lowest BCUT2D eigenvalue weighted by Crippen LogP contribution is -2.13. The van der Waals surface area contributed by atoms with Crippen molar-refractivity contribution in [3.8, 4) is 0 Å². The Morgan fingerprint density at radius 2 is 2.45 bits per heavy atom. The lowest BCUT2D eigenvalue weighted by atomic mass is 10.2. The van der Waals surface area contributed by atoms with Gasteiger partial charge in [0, 0.05) is 12.7 Å². The predicted octanol–water partition coefficient (Wildman–Crippen LogP) is 0.727. The highest BCUT2D eigenvalue weighted by Crippen LogP contribution is 2.18. The summed E-state index contributed by atoms with van der Waals surface area (Å²) in [6, 6.07) is 3.37. The van der Waals surface area contributed by atoms with Crippen LogP contribution in [0.15, 0.2) is 18.3 Å². The van der Waals surface area contributed by atoms with Crippen molar-refractivity contribution < 1.29 is 5.11 Å². The number of rotatable bonds is 2. The Morgan fingerprint density at radius 1 is 1.73 bits per heavy atom. The predicted molar refractivity (Wildman–Crippen MR) is 43.3 cm³/mol. The number of halogens is 1. The molecule has 0 bridgehead atoms. The molecule has 0 aliphatic heterocycles. The summed E-state index contributed by atoms with van der Waals surface area (Å²) in [6.07, 6.45) is 0.809. The SMILES string of the molecule is NCC(O)c1ncccc1Cl. The maximum absolute atomic E-state index is 9.24. The molecule has 0 saturated heterocycles. The minimum absolute atomic E-state index is 0.136. The molecule has 11 heavy (non-hydrogen) atoms. The quantitative estimate of drug-likeness (QED) is 0.692. The second-order valence-corrected chi connectivity index (χ2v) is 2.53. The second kappa shape index (κ2) is 3.67. The Balaban J connectivity index is 2.93. The van der Waals surface area contributed by atoms with Crippen LogP contribution in [0.1, 0.15) is 11.8 Å². The Kier molecular flexibility index (Phi) is 2.82. The van der Waals surface area contributed by atoms with E-state index in [0.29, 0.717) is 10.7 Å². The molecule has 1 aromatic rings. The molecule has 0 saturated carbocycles. The van der Waals surface area contributed by atoms with E-state index in [4.69, 9.17) is 17.3 Å². The van der Waals surface area contributed by atoms with Crippen LogP contribution in [0.5, 0.6) is 0 Å². The molecule has 1 heterocycles. The van der Waals surface area contributed by atoms with Gasteiger partial charge in [0.15, 0.2) is 0 Å². The van der Waals surface area contributed by atoms with E-state index in [1.807, 2.05) is 0 Å². The van der Waals surface area contributed by atoms with Gasteiger partial charge in [-0.25, -0.2) is 0 Å². The number of hydrogen-bond donors (Lipinski definition) is 2. The average molecular weight is 173 g/mol. The number of nitrogens with two attached hydrogens (primary N) is 1. The smallest absolute Gasteiger partial charge is 0.110 e. The molecule has 0 fully saturated rings. The molecule has 4 heteroatoms. The molecule has 0 amide bonds. The largest absolute Gasteiger partial charge is 0.385 e. The van der Waals surface area contributed by atoms with Crippen molar-refractivity contribution in [1.82, 2.24) is 4.98 Å². The molecular formula is C7H9ClN2O. The van der Waals surface area contributed by atoms with Crippen LogP contribution >= 0.6 is 11.6 Å². The molecule has 0 aliphatic rings. The van der Waals surface area contributed by atoms with Crippen LogP contribution in [0.3, 0.4) is 0 Å². The number of aromatic nitrogens is 1. The van der Waals surface area contributed by atoms with Gasteiger partial charge in [0.2, 0.25) is 0 Å². The van der Waals surface area contributed by atoms with Gasteiger partial charge >= 0.3 is 0 Å². The molecule has 1 aromatic heterocycles. The van der Waals surface area contributed by atoms with Gasteiger partial charge in [0.05, 0.1) is 10.7 Å². The van der Waals surface area contributed by atoms with Crippen molar-refractivity contribution in [1.29, 1.82) is 0 Å². The molecule has 3 nitrogen and oxygen atoms in total. The van der Waals surface area contributed by atoms with E-state index < -0.39 is 6.10 Å². The third-order valence-electron chi connectivity index (χ3n) is 1.33. The van der Waals surface area contributed by atoms with Gasteiger partial charge in [-0.1, -0.05) is 11.6 Å². The first-order valence-electron chi connectivity index (χ1n) is 3.24. The first-order chi connectivity index (χ1) is 5.25. The molecule has 0 aliphatic carbocycles. The lowest BCUT2D eigenvalue weighted by Gasteiger charge is -2.07. The molecule has 1 rings (SSSR count). The number of hydrogen-bond acceptors (Lipinski definition) is 3. The number of aliphatic hydroxyl groups excluding tert-OH is 1. The molecule has 1 unspecified atom stereocenters. The zero-order valence-electron chi connectivity index (χ0n) is 5.87. The molecule has 0 spiro atoms. The highest BCUT2D eigenvalue weighted by atomic mass is 35.5. The normalized spacial score (nSPS) is 13.0. The van der Waals surface area contributed by atoms with Crippen LogP contribution < -0.4 is 5.73 Å².